The van der Waals surface area contributed by atoms with Gasteiger partial charge in [-0.2, -0.15) is 5.26 Å². The highest BCUT2D eigenvalue weighted by molar-refractivity contribution is 7.90. The number of nitrogens with zero attached hydrogens (tertiary/aromatic N) is 1. The minimum atomic E-state index is -3.43. The molecule has 0 saturated carbocycles. The van der Waals surface area contributed by atoms with E-state index in [1.807, 2.05) is 6.07 Å². The van der Waals surface area contributed by atoms with Gasteiger partial charge in [-0.3, -0.25) is 4.79 Å². The lowest BCUT2D eigenvalue weighted by atomic mass is 9.91. The van der Waals surface area contributed by atoms with Gasteiger partial charge in [-0.15, -0.1) is 0 Å². The van der Waals surface area contributed by atoms with Crippen molar-refractivity contribution < 1.29 is 13.2 Å². The van der Waals surface area contributed by atoms with E-state index in [0.29, 0.717) is 32.4 Å². The van der Waals surface area contributed by atoms with Crippen LogP contribution in [0, 0.1) is 18.3 Å². The number of anilines is 1. The lowest BCUT2D eigenvalue weighted by molar-refractivity contribution is -0.115. The van der Waals surface area contributed by atoms with Crippen LogP contribution in [0.1, 0.15) is 34.6 Å². The Balaban J connectivity index is 1.69. The Morgan fingerprint density at radius 2 is 1.73 bits per heavy atom. The van der Waals surface area contributed by atoms with Gasteiger partial charge in [0.05, 0.1) is 23.5 Å². The van der Waals surface area contributed by atoms with Gasteiger partial charge in [0.25, 0.3) is 0 Å². The predicted octanol–water partition coefficient (Wildman–Crippen LogP) is 5.90. The maximum absolute atomic E-state index is 12.4. The number of halogens is 2. The average molecular weight is 501 g/mol. The van der Waals surface area contributed by atoms with Crippen LogP contribution in [0.4, 0.5) is 5.69 Å². The molecule has 0 bridgehead atoms. The molecule has 1 atom stereocenters. The highest BCUT2D eigenvalue weighted by Crippen LogP contribution is 2.34. The standard InChI is InChI=1S/C25H22Cl2N2O3S/c1-17-13-21(22(15-28)19-7-9-20(26)10-8-19)23(27)14-24(17)29-25(30)11-12-33(31,32)16-18-5-3-2-4-6-18/h2-10,13-14,22H,11-12,16H2,1H3,(H,29,30). The molecule has 0 saturated heterocycles. The molecule has 33 heavy (non-hydrogen) atoms. The van der Waals surface area contributed by atoms with E-state index < -0.39 is 21.7 Å². The van der Waals surface area contributed by atoms with Gasteiger partial charge in [0.15, 0.2) is 9.84 Å². The summed E-state index contributed by atoms with van der Waals surface area (Å²) in [6, 6.07) is 21.4. The molecule has 170 valence electrons. The van der Waals surface area contributed by atoms with Crippen LogP contribution in [-0.2, 0) is 20.4 Å². The molecule has 3 rings (SSSR count). The number of nitriles is 1. The van der Waals surface area contributed by atoms with E-state index in [-0.39, 0.29) is 17.9 Å². The molecular weight excluding hydrogens is 479 g/mol. The largest absolute Gasteiger partial charge is 0.326 e. The van der Waals surface area contributed by atoms with Crippen molar-refractivity contribution >= 4 is 44.6 Å². The number of aryl methyl sites for hydroxylation is 1. The third kappa shape index (κ3) is 6.82. The average Bonchev–Trinajstić information content (AvgIpc) is 2.78. The lowest BCUT2D eigenvalue weighted by Gasteiger charge is -2.16. The molecule has 0 aliphatic carbocycles. The zero-order valence-electron chi connectivity index (χ0n) is 17.9. The highest BCUT2D eigenvalue weighted by Gasteiger charge is 2.20. The van der Waals surface area contributed by atoms with Gasteiger partial charge in [-0.05, 0) is 47.4 Å². The van der Waals surface area contributed by atoms with Crippen molar-refractivity contribution in [2.75, 3.05) is 11.1 Å². The van der Waals surface area contributed by atoms with E-state index in [1.54, 1.807) is 67.6 Å². The zero-order valence-corrected chi connectivity index (χ0v) is 20.2. The van der Waals surface area contributed by atoms with E-state index in [1.165, 1.54) is 0 Å². The number of nitrogens with one attached hydrogen (secondary N) is 1. The number of hydrogen-bond acceptors (Lipinski definition) is 4. The Morgan fingerprint density at radius 1 is 1.06 bits per heavy atom. The summed E-state index contributed by atoms with van der Waals surface area (Å²) >= 11 is 12.4. The smallest absolute Gasteiger partial charge is 0.225 e. The third-order valence-corrected chi connectivity index (χ3v) is 7.31. The summed E-state index contributed by atoms with van der Waals surface area (Å²) in [6.07, 6.45) is -0.167. The first-order valence-electron chi connectivity index (χ1n) is 10.2. The van der Waals surface area contributed by atoms with Crippen molar-refractivity contribution in [3.8, 4) is 6.07 Å². The van der Waals surface area contributed by atoms with Crippen LogP contribution < -0.4 is 5.32 Å². The highest BCUT2D eigenvalue weighted by atomic mass is 35.5. The van der Waals surface area contributed by atoms with Crippen LogP contribution in [-0.4, -0.2) is 20.1 Å². The van der Waals surface area contributed by atoms with Crippen LogP contribution in [0.2, 0.25) is 10.0 Å². The molecule has 5 nitrogen and oxygen atoms in total. The molecule has 0 fully saturated rings. The number of carbonyl (C=O) groups excluding carboxylic acids is 1. The molecule has 0 aromatic heterocycles. The van der Waals surface area contributed by atoms with E-state index >= 15 is 0 Å². The van der Waals surface area contributed by atoms with Gasteiger partial charge in [0, 0.05) is 22.2 Å². The monoisotopic (exact) mass is 500 g/mol. The first-order valence-corrected chi connectivity index (χ1v) is 12.8. The summed E-state index contributed by atoms with van der Waals surface area (Å²) in [6.45, 7) is 1.79. The minimum absolute atomic E-state index is 0.110. The predicted molar refractivity (Wildman–Crippen MR) is 132 cm³/mol. The van der Waals surface area contributed by atoms with Crippen LogP contribution in [0.3, 0.4) is 0 Å². The molecule has 0 aliphatic rings. The van der Waals surface area contributed by atoms with E-state index in [2.05, 4.69) is 11.4 Å². The Kier molecular flexibility index (Phi) is 8.15. The topological polar surface area (TPSA) is 87.0 Å². The normalized spacial score (nSPS) is 12.1. The summed E-state index contributed by atoms with van der Waals surface area (Å²) in [5.74, 6) is -1.39. The van der Waals surface area contributed by atoms with Crippen LogP contribution in [0.25, 0.3) is 0 Å². The van der Waals surface area contributed by atoms with Gasteiger partial charge in [0.1, 0.15) is 0 Å². The molecule has 3 aromatic carbocycles. The van der Waals surface area contributed by atoms with Crippen molar-refractivity contribution in [2.24, 2.45) is 0 Å². The Morgan fingerprint density at radius 3 is 2.36 bits per heavy atom. The van der Waals surface area contributed by atoms with Gasteiger partial charge < -0.3 is 5.32 Å². The van der Waals surface area contributed by atoms with E-state index in [0.717, 1.165) is 5.56 Å². The van der Waals surface area contributed by atoms with Crippen molar-refractivity contribution in [1.82, 2.24) is 0 Å². The second kappa shape index (κ2) is 10.8. The van der Waals surface area contributed by atoms with Crippen molar-refractivity contribution in [1.29, 1.82) is 5.26 Å². The number of benzene rings is 3. The van der Waals surface area contributed by atoms with Gasteiger partial charge in [0.2, 0.25) is 5.91 Å². The molecular formula is C25H22Cl2N2O3S. The molecule has 0 aliphatic heterocycles. The fourth-order valence-corrected chi connectivity index (χ4v) is 5.14. The maximum atomic E-state index is 12.4. The number of amides is 1. The third-order valence-electron chi connectivity index (χ3n) is 5.13. The zero-order chi connectivity index (χ0) is 24.0. The molecule has 1 amide bonds. The summed E-state index contributed by atoms with van der Waals surface area (Å²) in [7, 11) is -3.43. The summed E-state index contributed by atoms with van der Waals surface area (Å²) in [5.41, 5.74) is 3.24. The molecule has 0 heterocycles. The quantitative estimate of drug-likeness (QED) is 0.416. The number of rotatable bonds is 8. The van der Waals surface area contributed by atoms with E-state index in [4.69, 9.17) is 23.2 Å². The van der Waals surface area contributed by atoms with Crippen LogP contribution >= 0.6 is 23.2 Å². The second-order valence-corrected chi connectivity index (χ2v) is 10.7. The molecule has 1 N–H and O–H groups in total. The Labute approximate surface area is 203 Å². The molecule has 3 aromatic rings. The second-order valence-electron chi connectivity index (χ2n) is 7.68. The molecule has 1 unspecified atom stereocenters. The molecule has 0 radical (unpaired) electrons. The summed E-state index contributed by atoms with van der Waals surface area (Å²) < 4.78 is 24.7. The van der Waals surface area contributed by atoms with Crippen molar-refractivity contribution in [3.05, 3.63) is 99.0 Å². The van der Waals surface area contributed by atoms with Gasteiger partial charge >= 0.3 is 0 Å². The van der Waals surface area contributed by atoms with Crippen LogP contribution in [0.15, 0.2) is 66.7 Å². The van der Waals surface area contributed by atoms with Gasteiger partial charge in [-0.25, -0.2) is 8.42 Å². The fourth-order valence-electron chi connectivity index (χ4n) is 3.40. The maximum Gasteiger partial charge on any atom is 0.225 e. The van der Waals surface area contributed by atoms with Crippen LogP contribution in [0.5, 0.6) is 0 Å². The first kappa shape index (κ1) is 24.8. The molecule has 0 spiro atoms. The Hall–Kier alpha value is -2.85. The van der Waals surface area contributed by atoms with E-state index in [9.17, 15) is 18.5 Å². The number of hydrogen-bond donors (Lipinski definition) is 1. The summed E-state index contributed by atoms with van der Waals surface area (Å²) in [4.78, 5) is 12.4. The SMILES string of the molecule is Cc1cc(C(C#N)c2ccc(Cl)cc2)c(Cl)cc1NC(=O)CCS(=O)(=O)Cc1ccccc1. The number of sulfone groups is 1. The minimum Gasteiger partial charge on any atom is -0.326 e. The summed E-state index contributed by atoms with van der Waals surface area (Å²) in [5, 5.41) is 13.3. The van der Waals surface area contributed by atoms with Gasteiger partial charge in [-0.1, -0.05) is 71.7 Å². The van der Waals surface area contributed by atoms with Crippen molar-refractivity contribution in [2.45, 2.75) is 25.0 Å². The fraction of sp³-hybridized carbons (Fsp3) is 0.200. The Bertz CT molecular complexity index is 1290. The van der Waals surface area contributed by atoms with Crippen molar-refractivity contribution in [3.63, 3.8) is 0 Å². The molecule has 8 heteroatoms. The lowest BCUT2D eigenvalue weighted by Crippen LogP contribution is -2.19. The number of carbonyl (C=O) groups is 1. The first-order chi connectivity index (χ1) is 15.7.